The second-order valence-electron chi connectivity index (χ2n) is 10.2. The largest absolute Gasteiger partial charge is 0.416 e. The van der Waals surface area contributed by atoms with Gasteiger partial charge in [0.1, 0.15) is 0 Å². The highest BCUT2D eigenvalue weighted by atomic mass is 31.1. The molecule has 4 aromatic rings. The summed E-state index contributed by atoms with van der Waals surface area (Å²) in [5, 5.41) is 4.88. The summed E-state index contributed by atoms with van der Waals surface area (Å²) in [5.74, 6) is -0.0228. The molecule has 0 radical (unpaired) electrons. The summed E-state index contributed by atoms with van der Waals surface area (Å²) < 4.78 is 82.3. The number of benzene rings is 4. The summed E-state index contributed by atoms with van der Waals surface area (Å²) in [7, 11) is -0.443. The Labute approximate surface area is 250 Å². The molecule has 9 heteroatoms. The summed E-state index contributed by atoms with van der Waals surface area (Å²) in [6.45, 7) is 2.07. The Morgan fingerprint density at radius 3 is 1.42 bits per heavy atom. The number of allylic oxidation sites excluding steroid dienone is 2. The van der Waals surface area contributed by atoms with Crippen molar-refractivity contribution in [2.24, 2.45) is 5.92 Å². The normalized spacial score (nSPS) is 16.3. The van der Waals surface area contributed by atoms with Gasteiger partial charge in [0.15, 0.2) is 0 Å². The quantitative estimate of drug-likeness (QED) is 0.140. The third kappa shape index (κ3) is 6.96. The predicted octanol–water partition coefficient (Wildman–Crippen LogP) is 8.60. The number of rotatable bonds is 8. The number of hydrogen-bond acceptors (Lipinski definition) is 1. The van der Waals surface area contributed by atoms with Crippen molar-refractivity contribution in [1.29, 1.82) is 0 Å². The Kier molecular flexibility index (Phi) is 9.27. The molecule has 0 aromatic heterocycles. The molecule has 1 aliphatic carbocycles. The Morgan fingerprint density at radius 2 is 1.02 bits per heavy atom. The zero-order valence-electron chi connectivity index (χ0n) is 23.4. The monoisotopic (exact) mass is 627 g/mol. The molecular formula is C34H29F6NP2. The molecule has 0 amide bonds. The highest BCUT2D eigenvalue weighted by Gasteiger charge is 2.36. The maximum Gasteiger partial charge on any atom is 0.416 e. The molecule has 5 rings (SSSR count). The van der Waals surface area contributed by atoms with E-state index in [1.165, 1.54) is 40.2 Å². The average Bonchev–Trinajstić information content (AvgIpc) is 3.47. The first-order chi connectivity index (χ1) is 20.4. The van der Waals surface area contributed by atoms with E-state index in [0.717, 1.165) is 24.3 Å². The van der Waals surface area contributed by atoms with Crippen LogP contribution in [0.4, 0.5) is 26.3 Å². The van der Waals surface area contributed by atoms with Crippen molar-refractivity contribution in [1.82, 2.24) is 4.67 Å². The van der Waals surface area contributed by atoms with E-state index < -0.39 is 39.5 Å². The maximum absolute atomic E-state index is 13.4. The van der Waals surface area contributed by atoms with Gasteiger partial charge in [-0.2, -0.15) is 26.3 Å². The van der Waals surface area contributed by atoms with Crippen molar-refractivity contribution in [3.8, 4) is 0 Å². The highest BCUT2D eigenvalue weighted by molar-refractivity contribution is 7.76. The van der Waals surface area contributed by atoms with Gasteiger partial charge in [0.05, 0.1) is 11.1 Å². The van der Waals surface area contributed by atoms with Crippen LogP contribution in [0.2, 0.25) is 0 Å². The van der Waals surface area contributed by atoms with E-state index >= 15 is 0 Å². The second-order valence-corrected chi connectivity index (χ2v) is 14.7. The summed E-state index contributed by atoms with van der Waals surface area (Å²) in [5.41, 5.74) is -1.54. The van der Waals surface area contributed by atoms with Crippen molar-refractivity contribution < 1.29 is 26.3 Å². The molecule has 222 valence electrons. The zero-order chi connectivity index (χ0) is 30.8. The van der Waals surface area contributed by atoms with E-state index in [1.807, 2.05) is 49.5 Å². The average molecular weight is 628 g/mol. The van der Waals surface area contributed by atoms with Gasteiger partial charge in [0, 0.05) is 20.0 Å². The Balaban J connectivity index is 1.53. The van der Waals surface area contributed by atoms with E-state index in [1.54, 1.807) is 0 Å². The summed E-state index contributed by atoms with van der Waals surface area (Å²) in [4.78, 5) is 0. The molecule has 43 heavy (non-hydrogen) atoms. The lowest BCUT2D eigenvalue weighted by Crippen LogP contribution is -2.37. The highest BCUT2D eigenvalue weighted by Crippen LogP contribution is 2.52. The van der Waals surface area contributed by atoms with Gasteiger partial charge in [-0.05, 0) is 72.7 Å². The minimum atomic E-state index is -4.49. The predicted molar refractivity (Wildman–Crippen MR) is 166 cm³/mol. The molecule has 0 aliphatic heterocycles. The summed E-state index contributed by atoms with van der Waals surface area (Å²) >= 11 is 0. The smallest absolute Gasteiger partial charge is 0.274 e. The van der Waals surface area contributed by atoms with Crippen LogP contribution in [0.1, 0.15) is 18.1 Å². The van der Waals surface area contributed by atoms with E-state index in [0.29, 0.717) is 10.6 Å². The number of hydrogen-bond donors (Lipinski definition) is 0. The minimum absolute atomic E-state index is 0.0228. The Bertz CT molecular complexity index is 1470. The van der Waals surface area contributed by atoms with E-state index in [9.17, 15) is 26.3 Å². The SMILES string of the molecule is C[C@@H](C1C=CC=C1P(c1ccccc1)c1ccccc1)N(C)P(c1ccc(C(F)(F)F)cc1)c1ccc(C(F)(F)F)cc1. The summed E-state index contributed by atoms with van der Waals surface area (Å²) in [6.07, 6.45) is -2.64. The van der Waals surface area contributed by atoms with Gasteiger partial charge in [-0.25, -0.2) is 0 Å². The van der Waals surface area contributed by atoms with Crippen LogP contribution >= 0.6 is 16.0 Å². The summed E-state index contributed by atoms with van der Waals surface area (Å²) in [6, 6.07) is 30.4. The maximum atomic E-state index is 13.4. The molecule has 4 aromatic carbocycles. The van der Waals surface area contributed by atoms with Crippen molar-refractivity contribution in [3.05, 3.63) is 144 Å². The fourth-order valence-electron chi connectivity index (χ4n) is 5.23. The van der Waals surface area contributed by atoms with Gasteiger partial charge in [-0.3, -0.25) is 4.67 Å². The second kappa shape index (κ2) is 12.8. The first-order valence-corrected chi connectivity index (χ1v) is 16.2. The molecule has 0 saturated carbocycles. The standard InChI is InChI=1S/C34H29F6NP2/c1-24(31-14-9-15-32(31)42(27-10-5-3-6-11-27)28-12-7-4-8-13-28)41(2)43(29-20-16-25(17-21-29)33(35,36)37)30-22-18-26(19-23-30)34(38,39)40/h3-24,31H,1-2H3/t24-,31?/m0/s1. The van der Waals surface area contributed by atoms with Crippen LogP contribution in [-0.4, -0.2) is 17.8 Å². The molecule has 1 unspecified atom stereocenters. The van der Waals surface area contributed by atoms with Crippen LogP contribution in [-0.2, 0) is 12.4 Å². The lowest BCUT2D eigenvalue weighted by molar-refractivity contribution is -0.138. The van der Waals surface area contributed by atoms with Crippen LogP contribution < -0.4 is 21.2 Å². The van der Waals surface area contributed by atoms with Gasteiger partial charge in [-0.1, -0.05) is 103 Å². The third-order valence-electron chi connectivity index (χ3n) is 7.52. The van der Waals surface area contributed by atoms with Crippen LogP contribution in [0.25, 0.3) is 0 Å². The number of halogens is 6. The van der Waals surface area contributed by atoms with Gasteiger partial charge >= 0.3 is 12.4 Å². The van der Waals surface area contributed by atoms with Gasteiger partial charge in [0.25, 0.3) is 0 Å². The molecule has 0 spiro atoms. The lowest BCUT2D eigenvalue weighted by atomic mass is 10.0. The van der Waals surface area contributed by atoms with Gasteiger partial charge in [-0.15, -0.1) is 0 Å². The van der Waals surface area contributed by atoms with E-state index in [-0.39, 0.29) is 12.0 Å². The number of nitrogens with zero attached hydrogens (tertiary/aromatic N) is 1. The molecule has 0 fully saturated rings. The van der Waals surface area contributed by atoms with Gasteiger partial charge in [0.2, 0.25) is 0 Å². The first-order valence-electron chi connectivity index (χ1n) is 13.6. The van der Waals surface area contributed by atoms with Crippen molar-refractivity contribution in [3.63, 3.8) is 0 Å². The molecule has 0 saturated heterocycles. The Morgan fingerprint density at radius 1 is 0.605 bits per heavy atom. The van der Waals surface area contributed by atoms with Crippen LogP contribution in [0.3, 0.4) is 0 Å². The first kappa shape index (κ1) is 31.2. The zero-order valence-corrected chi connectivity index (χ0v) is 25.2. The minimum Gasteiger partial charge on any atom is -0.274 e. The van der Waals surface area contributed by atoms with Crippen LogP contribution in [0.15, 0.2) is 133 Å². The molecule has 0 bridgehead atoms. The van der Waals surface area contributed by atoms with Gasteiger partial charge < -0.3 is 0 Å². The topological polar surface area (TPSA) is 3.24 Å². The molecule has 1 nitrogen and oxygen atoms in total. The lowest BCUT2D eigenvalue weighted by Gasteiger charge is -2.38. The molecule has 1 aliphatic rings. The molecule has 0 heterocycles. The molecule has 0 N–H and O–H groups in total. The fraction of sp³-hybridized carbons (Fsp3) is 0.176. The number of alkyl halides is 6. The van der Waals surface area contributed by atoms with Crippen molar-refractivity contribution in [2.45, 2.75) is 25.3 Å². The van der Waals surface area contributed by atoms with Crippen molar-refractivity contribution >= 4 is 37.2 Å². The van der Waals surface area contributed by atoms with E-state index in [4.69, 9.17) is 0 Å². The molecule has 2 atom stereocenters. The van der Waals surface area contributed by atoms with Crippen LogP contribution in [0.5, 0.6) is 0 Å². The van der Waals surface area contributed by atoms with E-state index in [2.05, 4.69) is 48.0 Å². The molecular weight excluding hydrogens is 598 g/mol. The van der Waals surface area contributed by atoms with Crippen LogP contribution in [0, 0.1) is 5.92 Å². The third-order valence-corrected chi connectivity index (χ3v) is 12.7. The van der Waals surface area contributed by atoms with Crippen molar-refractivity contribution in [2.75, 3.05) is 7.05 Å². The fourth-order valence-corrected chi connectivity index (χ4v) is 10.3. The Hall–Kier alpha value is -3.24.